The zero-order valence-corrected chi connectivity index (χ0v) is 12.1. The molecule has 1 aromatic rings. The number of anilines is 1. The van der Waals surface area contributed by atoms with Gasteiger partial charge in [0.25, 0.3) is 0 Å². The second-order valence-electron chi connectivity index (χ2n) is 6.11. The molecule has 0 aromatic carbocycles. The standard InChI is InChI=1S/C15H24N4/c1-18(2)15-13-6-8-19(10-12-4-3-5-12)9-7-14(13)16-11-17-15/h11-12H,3-10H2,1-2H3. The summed E-state index contributed by atoms with van der Waals surface area (Å²) in [5.41, 5.74) is 2.62. The third kappa shape index (κ3) is 2.73. The van der Waals surface area contributed by atoms with Gasteiger partial charge < -0.3 is 9.80 Å². The summed E-state index contributed by atoms with van der Waals surface area (Å²) in [5, 5.41) is 0. The highest BCUT2D eigenvalue weighted by Gasteiger charge is 2.24. The normalized spacial score (nSPS) is 20.5. The lowest BCUT2D eigenvalue weighted by Gasteiger charge is -2.31. The van der Waals surface area contributed by atoms with Crippen molar-refractivity contribution in [2.24, 2.45) is 5.92 Å². The highest BCUT2D eigenvalue weighted by atomic mass is 15.2. The Kier molecular flexibility index (Phi) is 3.69. The molecule has 1 aliphatic heterocycles. The number of hydrogen-bond acceptors (Lipinski definition) is 4. The van der Waals surface area contributed by atoms with Crippen molar-refractivity contribution in [2.45, 2.75) is 32.1 Å². The molecule has 0 spiro atoms. The molecular formula is C15H24N4. The molecule has 1 aromatic heterocycles. The smallest absolute Gasteiger partial charge is 0.134 e. The van der Waals surface area contributed by atoms with Gasteiger partial charge >= 0.3 is 0 Å². The summed E-state index contributed by atoms with van der Waals surface area (Å²) in [6.07, 6.45) is 8.20. The number of aromatic nitrogens is 2. The zero-order chi connectivity index (χ0) is 13.2. The van der Waals surface area contributed by atoms with Gasteiger partial charge in [-0.15, -0.1) is 0 Å². The lowest BCUT2D eigenvalue weighted by atomic mass is 9.85. The van der Waals surface area contributed by atoms with E-state index in [-0.39, 0.29) is 0 Å². The van der Waals surface area contributed by atoms with Gasteiger partial charge in [-0.05, 0) is 25.2 Å². The van der Waals surface area contributed by atoms with E-state index in [0.29, 0.717) is 0 Å². The van der Waals surface area contributed by atoms with Crippen LogP contribution in [-0.4, -0.2) is 48.6 Å². The monoisotopic (exact) mass is 260 g/mol. The van der Waals surface area contributed by atoms with E-state index in [1.807, 2.05) is 0 Å². The number of fused-ring (bicyclic) bond motifs is 1. The molecule has 3 rings (SSSR count). The summed E-state index contributed by atoms with van der Waals surface area (Å²) in [7, 11) is 4.14. The van der Waals surface area contributed by atoms with Gasteiger partial charge in [0.1, 0.15) is 12.1 Å². The van der Waals surface area contributed by atoms with Crippen molar-refractivity contribution in [3.8, 4) is 0 Å². The topological polar surface area (TPSA) is 32.3 Å². The molecule has 1 aliphatic carbocycles. The van der Waals surface area contributed by atoms with Gasteiger partial charge in [-0.2, -0.15) is 0 Å². The molecule has 0 N–H and O–H groups in total. The van der Waals surface area contributed by atoms with Crippen LogP contribution in [0.5, 0.6) is 0 Å². The average molecular weight is 260 g/mol. The summed E-state index contributed by atoms with van der Waals surface area (Å²) >= 11 is 0. The Bertz CT molecular complexity index is 440. The molecule has 0 saturated heterocycles. The van der Waals surface area contributed by atoms with Crippen LogP contribution in [0, 0.1) is 5.92 Å². The van der Waals surface area contributed by atoms with E-state index in [9.17, 15) is 0 Å². The molecule has 1 saturated carbocycles. The molecule has 4 nitrogen and oxygen atoms in total. The highest BCUT2D eigenvalue weighted by molar-refractivity contribution is 5.48. The second kappa shape index (κ2) is 5.45. The van der Waals surface area contributed by atoms with Crippen molar-refractivity contribution in [2.75, 3.05) is 38.6 Å². The molecule has 0 radical (unpaired) electrons. The first-order valence-corrected chi connectivity index (χ1v) is 7.46. The van der Waals surface area contributed by atoms with Crippen LogP contribution in [0.4, 0.5) is 5.82 Å². The molecule has 1 fully saturated rings. The molecule has 0 unspecified atom stereocenters. The van der Waals surface area contributed by atoms with Crippen molar-refractivity contribution in [1.82, 2.24) is 14.9 Å². The van der Waals surface area contributed by atoms with Crippen molar-refractivity contribution in [3.05, 3.63) is 17.6 Å². The van der Waals surface area contributed by atoms with Crippen molar-refractivity contribution >= 4 is 5.82 Å². The Balaban J connectivity index is 1.72. The van der Waals surface area contributed by atoms with E-state index in [1.165, 1.54) is 37.1 Å². The van der Waals surface area contributed by atoms with Crippen LogP contribution >= 0.6 is 0 Å². The van der Waals surface area contributed by atoms with Crippen molar-refractivity contribution in [1.29, 1.82) is 0 Å². The predicted octanol–water partition coefficient (Wildman–Crippen LogP) is 1.74. The fourth-order valence-corrected chi connectivity index (χ4v) is 3.16. The lowest BCUT2D eigenvalue weighted by Crippen LogP contribution is -2.34. The first-order valence-electron chi connectivity index (χ1n) is 7.46. The lowest BCUT2D eigenvalue weighted by molar-refractivity contribution is 0.183. The highest BCUT2D eigenvalue weighted by Crippen LogP contribution is 2.28. The van der Waals surface area contributed by atoms with Gasteiger partial charge in [0.15, 0.2) is 0 Å². The Labute approximate surface area is 115 Å². The minimum Gasteiger partial charge on any atom is -0.362 e. The van der Waals surface area contributed by atoms with Gasteiger partial charge in [0.2, 0.25) is 0 Å². The minimum absolute atomic E-state index is 0.959. The largest absolute Gasteiger partial charge is 0.362 e. The fraction of sp³-hybridized carbons (Fsp3) is 0.733. The third-order valence-corrected chi connectivity index (χ3v) is 4.52. The molecule has 19 heavy (non-hydrogen) atoms. The molecule has 2 aliphatic rings. The average Bonchev–Trinajstić information content (AvgIpc) is 2.56. The number of rotatable bonds is 3. The maximum absolute atomic E-state index is 4.51. The van der Waals surface area contributed by atoms with Crippen molar-refractivity contribution < 1.29 is 0 Å². The summed E-state index contributed by atoms with van der Waals surface area (Å²) in [4.78, 5) is 13.7. The molecule has 2 heterocycles. The van der Waals surface area contributed by atoms with Crippen molar-refractivity contribution in [3.63, 3.8) is 0 Å². The molecule has 0 amide bonds. The van der Waals surface area contributed by atoms with Crippen LogP contribution in [0.25, 0.3) is 0 Å². The maximum Gasteiger partial charge on any atom is 0.134 e. The number of hydrogen-bond donors (Lipinski definition) is 0. The summed E-state index contributed by atoms with van der Waals surface area (Å²) < 4.78 is 0. The van der Waals surface area contributed by atoms with E-state index in [4.69, 9.17) is 0 Å². The van der Waals surface area contributed by atoms with E-state index < -0.39 is 0 Å². The van der Waals surface area contributed by atoms with Gasteiger partial charge in [-0.3, -0.25) is 0 Å². The minimum atomic E-state index is 0.959. The first-order chi connectivity index (χ1) is 9.24. The summed E-state index contributed by atoms with van der Waals surface area (Å²) in [6, 6.07) is 0. The Morgan fingerprint density at radius 2 is 2.00 bits per heavy atom. The van der Waals surface area contributed by atoms with Crippen LogP contribution in [0.15, 0.2) is 6.33 Å². The molecule has 4 heteroatoms. The molecule has 0 bridgehead atoms. The van der Waals surface area contributed by atoms with Crippen LogP contribution in [0.2, 0.25) is 0 Å². The Morgan fingerprint density at radius 1 is 1.21 bits per heavy atom. The second-order valence-corrected chi connectivity index (χ2v) is 6.11. The van der Waals surface area contributed by atoms with Crippen LogP contribution in [0.1, 0.15) is 30.5 Å². The van der Waals surface area contributed by atoms with Gasteiger partial charge in [-0.1, -0.05) is 6.42 Å². The van der Waals surface area contributed by atoms with Crippen LogP contribution in [0.3, 0.4) is 0 Å². The maximum atomic E-state index is 4.51. The number of nitrogens with zero attached hydrogens (tertiary/aromatic N) is 4. The summed E-state index contributed by atoms with van der Waals surface area (Å²) in [6.45, 7) is 3.61. The summed E-state index contributed by atoms with van der Waals surface area (Å²) in [5.74, 6) is 2.07. The molecular weight excluding hydrogens is 236 g/mol. The van der Waals surface area contributed by atoms with E-state index in [1.54, 1.807) is 6.33 Å². The van der Waals surface area contributed by atoms with Crippen LogP contribution in [-0.2, 0) is 12.8 Å². The first kappa shape index (κ1) is 12.9. The SMILES string of the molecule is CN(C)c1ncnc2c1CCN(CC1CCC1)CC2. The van der Waals surface area contributed by atoms with Crippen LogP contribution < -0.4 is 4.90 Å². The van der Waals surface area contributed by atoms with Gasteiger partial charge in [0, 0.05) is 45.7 Å². The Hall–Kier alpha value is -1.16. The molecule has 104 valence electrons. The van der Waals surface area contributed by atoms with Gasteiger partial charge in [-0.25, -0.2) is 9.97 Å². The zero-order valence-electron chi connectivity index (χ0n) is 12.1. The quantitative estimate of drug-likeness (QED) is 0.829. The third-order valence-electron chi connectivity index (χ3n) is 4.52. The fourth-order valence-electron chi connectivity index (χ4n) is 3.16. The van der Waals surface area contributed by atoms with E-state index in [0.717, 1.165) is 37.7 Å². The van der Waals surface area contributed by atoms with Gasteiger partial charge in [0.05, 0.1) is 5.69 Å². The van der Waals surface area contributed by atoms with E-state index in [2.05, 4.69) is 33.9 Å². The predicted molar refractivity (Wildman–Crippen MR) is 77.5 cm³/mol. The Morgan fingerprint density at radius 3 is 2.68 bits per heavy atom. The molecule has 0 atom stereocenters. The van der Waals surface area contributed by atoms with E-state index >= 15 is 0 Å².